The van der Waals surface area contributed by atoms with E-state index < -0.39 is 0 Å². The third kappa shape index (κ3) is 4.21. The number of rotatable bonds is 4. The molecule has 0 heterocycles. The van der Waals surface area contributed by atoms with Crippen LogP contribution >= 0.6 is 0 Å². The van der Waals surface area contributed by atoms with Crippen LogP contribution in [-0.2, 0) is 0 Å². The van der Waals surface area contributed by atoms with Crippen molar-refractivity contribution < 1.29 is 0 Å². The van der Waals surface area contributed by atoms with E-state index in [0.717, 1.165) is 18.0 Å². The minimum absolute atomic E-state index is 0.469. The second-order valence-electron chi connectivity index (χ2n) is 8.37. The second kappa shape index (κ2) is 6.79. The van der Waals surface area contributed by atoms with E-state index in [-0.39, 0.29) is 0 Å². The fraction of sp³-hybridized carbons (Fsp3) is 1.00. The average Bonchev–Trinajstić information content (AvgIpc) is 2.35. The van der Waals surface area contributed by atoms with Crippen LogP contribution in [0.2, 0.25) is 0 Å². The maximum Gasteiger partial charge on any atom is 0.0106 e. The predicted molar refractivity (Wildman–Crippen MR) is 87.8 cm³/mol. The van der Waals surface area contributed by atoms with E-state index in [0.29, 0.717) is 11.5 Å². The fourth-order valence-electron chi connectivity index (χ4n) is 4.90. The minimum atomic E-state index is 0.469. The molecule has 2 heteroatoms. The van der Waals surface area contributed by atoms with Gasteiger partial charge in [-0.25, -0.2) is 0 Å². The summed E-state index contributed by atoms with van der Waals surface area (Å²) in [4.78, 5) is 2.88. The van der Waals surface area contributed by atoms with E-state index >= 15 is 0 Å². The summed E-state index contributed by atoms with van der Waals surface area (Å²) in [6.07, 6.45) is 10.6. The quantitative estimate of drug-likeness (QED) is 0.837. The molecule has 0 radical (unpaired) electrons. The van der Waals surface area contributed by atoms with E-state index in [4.69, 9.17) is 5.73 Å². The molecule has 0 saturated heterocycles. The Labute approximate surface area is 126 Å². The fourth-order valence-corrected chi connectivity index (χ4v) is 4.90. The molecule has 0 aromatic rings. The van der Waals surface area contributed by atoms with Crippen molar-refractivity contribution in [3.8, 4) is 0 Å². The van der Waals surface area contributed by atoms with E-state index in [2.05, 4.69) is 32.6 Å². The van der Waals surface area contributed by atoms with E-state index in [1.807, 2.05) is 0 Å². The van der Waals surface area contributed by atoms with Crippen molar-refractivity contribution in [1.29, 1.82) is 0 Å². The van der Waals surface area contributed by atoms with E-state index in [9.17, 15) is 0 Å². The van der Waals surface area contributed by atoms with Gasteiger partial charge in [0.2, 0.25) is 0 Å². The van der Waals surface area contributed by atoms with Crippen molar-refractivity contribution in [2.75, 3.05) is 6.54 Å². The average molecular weight is 280 g/mol. The second-order valence-corrected chi connectivity index (χ2v) is 8.37. The summed E-state index contributed by atoms with van der Waals surface area (Å²) < 4.78 is 0. The molecule has 2 aliphatic rings. The largest absolute Gasteiger partial charge is 0.328 e. The molecule has 2 unspecified atom stereocenters. The van der Waals surface area contributed by atoms with Crippen LogP contribution in [-0.4, -0.2) is 29.6 Å². The first kappa shape index (κ1) is 16.3. The maximum absolute atomic E-state index is 6.10. The summed E-state index contributed by atoms with van der Waals surface area (Å²) in [6, 6.07) is 2.09. The van der Waals surface area contributed by atoms with Crippen LogP contribution in [0.25, 0.3) is 0 Å². The Balaban J connectivity index is 2.03. The van der Waals surface area contributed by atoms with Crippen LogP contribution in [0, 0.1) is 11.3 Å². The molecule has 0 bridgehead atoms. The standard InChI is InChI=1S/C18H36N2/c1-5-10-20(16-8-6-15(19)7-9-16)17-11-14(2)12-18(3,4)13-17/h14-17H,5-13,19H2,1-4H3. The lowest BCUT2D eigenvalue weighted by atomic mass is 9.69. The van der Waals surface area contributed by atoms with E-state index in [1.54, 1.807) is 0 Å². The zero-order chi connectivity index (χ0) is 14.8. The van der Waals surface area contributed by atoms with Crippen molar-refractivity contribution >= 4 is 0 Å². The highest BCUT2D eigenvalue weighted by Gasteiger charge is 2.37. The van der Waals surface area contributed by atoms with Crippen LogP contribution in [0.15, 0.2) is 0 Å². The van der Waals surface area contributed by atoms with Crippen molar-refractivity contribution in [1.82, 2.24) is 4.90 Å². The number of hydrogen-bond donors (Lipinski definition) is 1. The smallest absolute Gasteiger partial charge is 0.0106 e. The van der Waals surface area contributed by atoms with Crippen molar-refractivity contribution in [3.05, 3.63) is 0 Å². The van der Waals surface area contributed by atoms with Gasteiger partial charge in [0.25, 0.3) is 0 Å². The van der Waals surface area contributed by atoms with Gasteiger partial charge in [0.15, 0.2) is 0 Å². The van der Waals surface area contributed by atoms with Crippen molar-refractivity contribution in [3.63, 3.8) is 0 Å². The highest BCUT2D eigenvalue weighted by molar-refractivity contribution is 4.92. The summed E-state index contributed by atoms with van der Waals surface area (Å²) in [7, 11) is 0. The Morgan fingerprint density at radius 3 is 2.25 bits per heavy atom. The first-order valence-electron chi connectivity index (χ1n) is 8.92. The summed E-state index contributed by atoms with van der Waals surface area (Å²) in [5.41, 5.74) is 6.62. The van der Waals surface area contributed by atoms with Gasteiger partial charge in [0.1, 0.15) is 0 Å². The molecule has 0 aliphatic heterocycles. The van der Waals surface area contributed by atoms with Gasteiger partial charge in [0, 0.05) is 18.1 Å². The van der Waals surface area contributed by atoms with Gasteiger partial charge in [-0.2, -0.15) is 0 Å². The molecule has 2 N–H and O–H groups in total. The normalized spacial score (nSPS) is 38.1. The topological polar surface area (TPSA) is 29.3 Å². The lowest BCUT2D eigenvalue weighted by Crippen LogP contribution is -2.50. The summed E-state index contributed by atoms with van der Waals surface area (Å²) in [5.74, 6) is 0.883. The minimum Gasteiger partial charge on any atom is -0.328 e. The zero-order valence-corrected chi connectivity index (χ0v) is 14.2. The molecule has 2 saturated carbocycles. The molecule has 0 aromatic heterocycles. The highest BCUT2D eigenvalue weighted by Crippen LogP contribution is 2.41. The van der Waals surface area contributed by atoms with Crippen LogP contribution in [0.4, 0.5) is 0 Å². The molecular formula is C18H36N2. The van der Waals surface area contributed by atoms with Crippen LogP contribution in [0.1, 0.15) is 79.1 Å². The van der Waals surface area contributed by atoms with Crippen LogP contribution in [0.5, 0.6) is 0 Å². The summed E-state index contributed by atoms with van der Waals surface area (Å²) in [5, 5.41) is 0. The molecule has 0 amide bonds. The maximum atomic E-state index is 6.10. The lowest BCUT2D eigenvalue weighted by Gasteiger charge is -2.48. The Kier molecular flexibility index (Phi) is 5.53. The molecule has 2 nitrogen and oxygen atoms in total. The zero-order valence-electron chi connectivity index (χ0n) is 14.2. The van der Waals surface area contributed by atoms with Crippen LogP contribution < -0.4 is 5.73 Å². The molecule has 118 valence electrons. The lowest BCUT2D eigenvalue weighted by molar-refractivity contribution is 0.0255. The van der Waals surface area contributed by atoms with E-state index in [1.165, 1.54) is 57.9 Å². The Hall–Kier alpha value is -0.0800. The van der Waals surface area contributed by atoms with Gasteiger partial charge in [-0.1, -0.05) is 27.7 Å². The van der Waals surface area contributed by atoms with Gasteiger partial charge in [0.05, 0.1) is 0 Å². The van der Waals surface area contributed by atoms with Gasteiger partial charge in [-0.15, -0.1) is 0 Å². The third-order valence-electron chi connectivity index (χ3n) is 5.52. The summed E-state index contributed by atoms with van der Waals surface area (Å²) >= 11 is 0. The third-order valence-corrected chi connectivity index (χ3v) is 5.52. The van der Waals surface area contributed by atoms with Gasteiger partial charge in [-0.3, -0.25) is 4.90 Å². The van der Waals surface area contributed by atoms with Gasteiger partial charge < -0.3 is 5.73 Å². The molecule has 2 fully saturated rings. The first-order chi connectivity index (χ1) is 9.41. The Bertz CT molecular complexity index is 292. The number of hydrogen-bond acceptors (Lipinski definition) is 2. The highest BCUT2D eigenvalue weighted by atomic mass is 15.2. The SMILES string of the molecule is CCCN(C1CCC(N)CC1)C1CC(C)CC(C)(C)C1. The molecule has 2 rings (SSSR count). The Morgan fingerprint density at radius 1 is 1.05 bits per heavy atom. The van der Waals surface area contributed by atoms with Gasteiger partial charge >= 0.3 is 0 Å². The van der Waals surface area contributed by atoms with Crippen LogP contribution in [0.3, 0.4) is 0 Å². The molecule has 2 atom stereocenters. The summed E-state index contributed by atoms with van der Waals surface area (Å²) in [6.45, 7) is 11.0. The molecular weight excluding hydrogens is 244 g/mol. The monoisotopic (exact) mass is 280 g/mol. The molecule has 2 aliphatic carbocycles. The Morgan fingerprint density at radius 2 is 1.70 bits per heavy atom. The number of nitrogens with two attached hydrogens (primary N) is 1. The predicted octanol–water partition coefficient (Wildman–Crippen LogP) is 4.18. The van der Waals surface area contributed by atoms with Crippen molar-refractivity contribution in [2.24, 2.45) is 17.1 Å². The number of nitrogens with zero attached hydrogens (tertiary/aromatic N) is 1. The molecule has 20 heavy (non-hydrogen) atoms. The molecule has 0 spiro atoms. The molecule has 0 aromatic carbocycles. The first-order valence-corrected chi connectivity index (χ1v) is 8.92. The van der Waals surface area contributed by atoms with Gasteiger partial charge in [-0.05, 0) is 69.2 Å². The van der Waals surface area contributed by atoms with Crippen molar-refractivity contribution in [2.45, 2.75) is 97.2 Å².